The van der Waals surface area contributed by atoms with Gasteiger partial charge in [0, 0.05) is 45.1 Å². The summed E-state index contributed by atoms with van der Waals surface area (Å²) in [5.41, 5.74) is 3.55. The largest absolute Gasteiger partial charge is 0.395 e. The van der Waals surface area contributed by atoms with Crippen LogP contribution in [0.4, 0.5) is 0 Å². The fourth-order valence-corrected chi connectivity index (χ4v) is 3.79. The number of benzene rings is 2. The van der Waals surface area contributed by atoms with Crippen molar-refractivity contribution >= 4 is 5.91 Å². The van der Waals surface area contributed by atoms with Crippen LogP contribution in [0.15, 0.2) is 54.6 Å². The van der Waals surface area contributed by atoms with Crippen LogP contribution in [0, 0.1) is 0 Å². The maximum atomic E-state index is 11.9. The summed E-state index contributed by atoms with van der Waals surface area (Å²) in [6.07, 6.45) is 0. The second kappa shape index (κ2) is 9.13. The summed E-state index contributed by atoms with van der Waals surface area (Å²) >= 11 is 0. The minimum absolute atomic E-state index is 0.0220. The Kier molecular flexibility index (Phi) is 6.61. The van der Waals surface area contributed by atoms with Gasteiger partial charge in [-0.2, -0.15) is 0 Å². The molecule has 1 fully saturated rings. The van der Waals surface area contributed by atoms with Crippen LogP contribution in [-0.2, 0) is 9.53 Å². The molecule has 144 valence electrons. The quantitative estimate of drug-likeness (QED) is 0.750. The molecular weight excluding hydrogens is 340 g/mol. The number of hydrogen-bond acceptors (Lipinski definition) is 4. The van der Waals surface area contributed by atoms with Crippen LogP contribution in [-0.4, -0.2) is 61.4 Å². The first-order valence-electron chi connectivity index (χ1n) is 9.40. The van der Waals surface area contributed by atoms with E-state index in [0.717, 1.165) is 0 Å². The lowest BCUT2D eigenvalue weighted by Crippen LogP contribution is -2.65. The molecule has 1 aliphatic rings. The molecule has 0 aromatic heterocycles. The molecule has 1 aliphatic heterocycles. The Morgan fingerprint density at radius 3 is 2.33 bits per heavy atom. The molecule has 0 aliphatic carbocycles. The van der Waals surface area contributed by atoms with E-state index in [1.165, 1.54) is 16.7 Å². The predicted octanol–water partition coefficient (Wildman–Crippen LogP) is 2.26. The van der Waals surface area contributed by atoms with Crippen LogP contribution in [0.2, 0.25) is 0 Å². The minimum Gasteiger partial charge on any atom is -0.395 e. The van der Waals surface area contributed by atoms with Gasteiger partial charge in [0.05, 0.1) is 13.2 Å². The topological polar surface area (TPSA) is 61.8 Å². The Morgan fingerprint density at radius 2 is 1.74 bits per heavy atom. The first-order chi connectivity index (χ1) is 13.1. The zero-order valence-corrected chi connectivity index (χ0v) is 16.0. The van der Waals surface area contributed by atoms with Crippen LogP contribution in [0.5, 0.6) is 0 Å². The molecule has 0 spiro atoms. The number of amides is 1. The summed E-state index contributed by atoms with van der Waals surface area (Å²) in [5.74, 6) is 0.226. The average molecular weight is 368 g/mol. The Balaban J connectivity index is 1.73. The van der Waals surface area contributed by atoms with E-state index in [-0.39, 0.29) is 30.5 Å². The van der Waals surface area contributed by atoms with Crippen molar-refractivity contribution in [3.05, 3.63) is 60.2 Å². The SMILES string of the molecule is COCCN(C[C@@H]1N[C@@H](CO)[C@H]1c1ccc(-c2ccccc2)cc1)C(C)=O. The smallest absolute Gasteiger partial charge is 0.219 e. The molecule has 5 nitrogen and oxygen atoms in total. The summed E-state index contributed by atoms with van der Waals surface area (Å²) < 4.78 is 5.11. The number of carbonyl (C=O) groups is 1. The van der Waals surface area contributed by atoms with Gasteiger partial charge < -0.3 is 20.1 Å². The second-order valence-corrected chi connectivity index (χ2v) is 7.03. The number of rotatable bonds is 8. The van der Waals surface area contributed by atoms with Crippen molar-refractivity contribution in [2.45, 2.75) is 24.9 Å². The molecule has 1 heterocycles. The summed E-state index contributed by atoms with van der Waals surface area (Å²) in [5, 5.41) is 13.1. The van der Waals surface area contributed by atoms with E-state index < -0.39 is 0 Å². The van der Waals surface area contributed by atoms with Gasteiger partial charge in [-0.25, -0.2) is 0 Å². The van der Waals surface area contributed by atoms with Gasteiger partial charge in [-0.05, 0) is 16.7 Å². The van der Waals surface area contributed by atoms with E-state index >= 15 is 0 Å². The number of carbonyl (C=O) groups excluding carboxylic acids is 1. The zero-order valence-electron chi connectivity index (χ0n) is 16.0. The number of methoxy groups -OCH3 is 1. The lowest BCUT2D eigenvalue weighted by Gasteiger charge is -2.47. The molecule has 0 unspecified atom stereocenters. The number of nitrogens with one attached hydrogen (secondary N) is 1. The van der Waals surface area contributed by atoms with Gasteiger partial charge in [0.1, 0.15) is 0 Å². The van der Waals surface area contributed by atoms with Crippen molar-refractivity contribution in [3.63, 3.8) is 0 Å². The number of aliphatic hydroxyl groups is 1. The van der Waals surface area contributed by atoms with E-state index in [1.54, 1.807) is 18.9 Å². The molecule has 1 amide bonds. The van der Waals surface area contributed by atoms with Crippen molar-refractivity contribution in [1.82, 2.24) is 10.2 Å². The highest BCUT2D eigenvalue weighted by Crippen LogP contribution is 2.33. The molecule has 2 aromatic carbocycles. The first kappa shape index (κ1) is 19.5. The molecule has 2 aromatic rings. The fourth-order valence-electron chi connectivity index (χ4n) is 3.79. The van der Waals surface area contributed by atoms with Gasteiger partial charge in [-0.3, -0.25) is 4.79 Å². The monoisotopic (exact) mass is 368 g/mol. The number of aliphatic hydroxyl groups excluding tert-OH is 1. The third-order valence-corrected chi connectivity index (χ3v) is 5.32. The number of ether oxygens (including phenoxy) is 1. The highest BCUT2D eigenvalue weighted by atomic mass is 16.5. The molecule has 3 rings (SSSR count). The molecule has 2 N–H and O–H groups in total. The third-order valence-electron chi connectivity index (χ3n) is 5.32. The lowest BCUT2D eigenvalue weighted by atomic mass is 9.77. The van der Waals surface area contributed by atoms with E-state index in [2.05, 4.69) is 41.7 Å². The highest BCUT2D eigenvalue weighted by Gasteiger charge is 2.41. The summed E-state index contributed by atoms with van der Waals surface area (Å²) in [6, 6.07) is 19.0. The van der Waals surface area contributed by atoms with Gasteiger partial charge in [-0.1, -0.05) is 54.6 Å². The predicted molar refractivity (Wildman–Crippen MR) is 107 cm³/mol. The van der Waals surface area contributed by atoms with Crippen LogP contribution in [0.25, 0.3) is 11.1 Å². The number of nitrogens with zero attached hydrogens (tertiary/aromatic N) is 1. The van der Waals surface area contributed by atoms with Gasteiger partial charge in [0.15, 0.2) is 0 Å². The van der Waals surface area contributed by atoms with Gasteiger partial charge in [-0.15, -0.1) is 0 Å². The normalized spacial score (nSPS) is 21.5. The van der Waals surface area contributed by atoms with Crippen molar-refractivity contribution in [1.29, 1.82) is 0 Å². The Bertz CT molecular complexity index is 733. The molecule has 1 saturated heterocycles. The molecule has 3 atom stereocenters. The second-order valence-electron chi connectivity index (χ2n) is 7.03. The zero-order chi connectivity index (χ0) is 19.2. The Morgan fingerprint density at radius 1 is 1.07 bits per heavy atom. The van der Waals surface area contributed by atoms with Crippen LogP contribution in [0.3, 0.4) is 0 Å². The standard InChI is InChI=1S/C22H28N2O3/c1-16(26)24(12-13-27-2)14-20-22(21(15-25)23-20)19-10-8-18(9-11-19)17-6-4-3-5-7-17/h3-11,20-23,25H,12-15H2,1-2H3/t20-,21-,22-/m0/s1. The van der Waals surface area contributed by atoms with Crippen molar-refractivity contribution in [2.24, 2.45) is 0 Å². The molecule has 0 bridgehead atoms. The van der Waals surface area contributed by atoms with Crippen LogP contribution in [0.1, 0.15) is 18.4 Å². The third kappa shape index (κ3) is 4.56. The number of hydrogen-bond donors (Lipinski definition) is 2. The summed E-state index contributed by atoms with van der Waals surface area (Å²) in [4.78, 5) is 13.7. The van der Waals surface area contributed by atoms with Gasteiger partial charge >= 0.3 is 0 Å². The maximum absolute atomic E-state index is 11.9. The van der Waals surface area contributed by atoms with Gasteiger partial charge in [0.2, 0.25) is 5.91 Å². The Labute approximate surface area is 161 Å². The van der Waals surface area contributed by atoms with Crippen LogP contribution >= 0.6 is 0 Å². The maximum Gasteiger partial charge on any atom is 0.219 e. The van der Waals surface area contributed by atoms with E-state index in [9.17, 15) is 9.90 Å². The molecule has 27 heavy (non-hydrogen) atoms. The summed E-state index contributed by atoms with van der Waals surface area (Å²) in [7, 11) is 1.64. The first-order valence-corrected chi connectivity index (χ1v) is 9.40. The molecule has 0 radical (unpaired) electrons. The molecule has 5 heteroatoms. The van der Waals surface area contributed by atoms with Crippen LogP contribution < -0.4 is 5.32 Å². The minimum atomic E-state index is 0.0220. The lowest BCUT2D eigenvalue weighted by molar-refractivity contribution is -0.130. The van der Waals surface area contributed by atoms with Crippen molar-refractivity contribution in [3.8, 4) is 11.1 Å². The fraction of sp³-hybridized carbons (Fsp3) is 0.409. The van der Waals surface area contributed by atoms with E-state index in [4.69, 9.17) is 4.74 Å². The summed E-state index contributed by atoms with van der Waals surface area (Å²) in [6.45, 7) is 3.38. The average Bonchev–Trinajstić information content (AvgIpc) is 2.68. The molecular formula is C22H28N2O3. The van der Waals surface area contributed by atoms with E-state index in [0.29, 0.717) is 19.7 Å². The van der Waals surface area contributed by atoms with Crippen molar-refractivity contribution in [2.75, 3.05) is 33.4 Å². The Hall–Kier alpha value is -2.21. The molecule has 0 saturated carbocycles. The van der Waals surface area contributed by atoms with Crippen molar-refractivity contribution < 1.29 is 14.6 Å². The van der Waals surface area contributed by atoms with Gasteiger partial charge in [0.25, 0.3) is 0 Å². The van der Waals surface area contributed by atoms with E-state index in [1.807, 2.05) is 18.2 Å². The highest BCUT2D eigenvalue weighted by molar-refractivity contribution is 5.73.